The molecule has 0 saturated heterocycles. The molecule has 0 bridgehead atoms. The molecule has 3 aromatic carbocycles. The third kappa shape index (κ3) is 3.74. The predicted molar refractivity (Wildman–Crippen MR) is 155 cm³/mol. The molecule has 6 N–H and O–H groups in total. The topological polar surface area (TPSA) is 161 Å². The normalized spacial score (nSPS) is 25.3. The van der Waals surface area contributed by atoms with Gasteiger partial charge < -0.3 is 26.2 Å². The molecule has 1 fully saturated rings. The molecular weight excluding hydrogens is 536 g/mol. The van der Waals surface area contributed by atoms with E-state index in [1.807, 2.05) is 66.7 Å². The lowest BCUT2D eigenvalue weighted by Crippen LogP contribution is -2.65. The Morgan fingerprint density at radius 2 is 1.50 bits per heavy atom. The molecule has 42 heavy (non-hydrogen) atoms. The van der Waals surface area contributed by atoms with E-state index in [0.717, 1.165) is 11.1 Å². The van der Waals surface area contributed by atoms with Crippen LogP contribution >= 0.6 is 0 Å². The fourth-order valence-corrected chi connectivity index (χ4v) is 7.02. The van der Waals surface area contributed by atoms with Crippen molar-refractivity contribution >= 4 is 23.2 Å². The molecule has 4 atom stereocenters. The number of amides is 1. The zero-order chi connectivity index (χ0) is 30.1. The molecule has 0 spiro atoms. The van der Waals surface area contributed by atoms with Crippen molar-refractivity contribution in [2.75, 3.05) is 14.1 Å². The van der Waals surface area contributed by atoms with E-state index in [1.54, 1.807) is 14.1 Å². The number of fused-ring (bicyclic) bond motifs is 3. The standard InChI is InChI=1S/C33H30N2O7/c1-35(2)26-22-14-18-13-21-19(16-9-5-3-6-10-16)15-20(17-11-7-4-8-12-17)27(36)24(21)28(37)23(18)30(39)33(22,42)31(40)25(29(26)38)32(34)41/h3-12,15,18,22,26,36-37,40,42H,13-14H2,1-2H3,(H2,34,41)/t18-,22-,26-,33-/m0/s1. The highest BCUT2D eigenvalue weighted by molar-refractivity contribution is 6.24. The van der Waals surface area contributed by atoms with Gasteiger partial charge in [0.15, 0.2) is 11.4 Å². The number of hydrogen-bond acceptors (Lipinski definition) is 8. The first kappa shape index (κ1) is 27.4. The molecule has 3 aliphatic rings. The fourth-order valence-electron chi connectivity index (χ4n) is 7.02. The second-order valence-electron chi connectivity index (χ2n) is 11.4. The average Bonchev–Trinajstić information content (AvgIpc) is 2.95. The molecule has 1 saturated carbocycles. The van der Waals surface area contributed by atoms with Crippen molar-refractivity contribution in [1.29, 1.82) is 0 Å². The van der Waals surface area contributed by atoms with E-state index in [9.17, 15) is 34.8 Å². The summed E-state index contributed by atoms with van der Waals surface area (Å²) < 4.78 is 0. The minimum absolute atomic E-state index is 0.0290. The number of carbonyl (C=O) groups excluding carboxylic acids is 3. The molecule has 9 heteroatoms. The Bertz CT molecular complexity index is 1730. The largest absolute Gasteiger partial charge is 0.508 e. The number of Topliss-reactive ketones (excluding diaryl/α,β-unsaturated/α-hetero) is 2. The van der Waals surface area contributed by atoms with E-state index in [4.69, 9.17) is 5.73 Å². The Morgan fingerprint density at radius 3 is 2.05 bits per heavy atom. The van der Waals surface area contributed by atoms with Crippen LogP contribution in [0.5, 0.6) is 5.75 Å². The Labute approximate surface area is 241 Å². The zero-order valence-corrected chi connectivity index (χ0v) is 23.0. The van der Waals surface area contributed by atoms with Crippen LogP contribution < -0.4 is 5.73 Å². The number of nitrogens with two attached hydrogens (primary N) is 1. The van der Waals surface area contributed by atoms with E-state index < -0.39 is 58.0 Å². The fraction of sp³-hybridized carbons (Fsp3) is 0.242. The number of phenols is 1. The lowest BCUT2D eigenvalue weighted by Gasteiger charge is -2.50. The van der Waals surface area contributed by atoms with Crippen molar-refractivity contribution in [3.05, 3.63) is 94.8 Å². The van der Waals surface area contributed by atoms with E-state index in [-0.39, 0.29) is 29.7 Å². The van der Waals surface area contributed by atoms with E-state index in [1.165, 1.54) is 4.90 Å². The summed E-state index contributed by atoms with van der Waals surface area (Å²) in [6.07, 6.45) is 0.239. The maximum absolute atomic E-state index is 14.2. The van der Waals surface area contributed by atoms with Gasteiger partial charge >= 0.3 is 0 Å². The van der Waals surface area contributed by atoms with E-state index in [2.05, 4.69) is 0 Å². The van der Waals surface area contributed by atoms with E-state index >= 15 is 0 Å². The highest BCUT2D eigenvalue weighted by Crippen LogP contribution is 2.55. The van der Waals surface area contributed by atoms with Crippen molar-refractivity contribution in [1.82, 2.24) is 4.90 Å². The molecule has 6 rings (SSSR count). The van der Waals surface area contributed by atoms with Gasteiger partial charge in [-0.1, -0.05) is 60.7 Å². The minimum atomic E-state index is -2.68. The Hall–Kier alpha value is -4.73. The molecular formula is C33H30N2O7. The smallest absolute Gasteiger partial charge is 0.255 e. The minimum Gasteiger partial charge on any atom is -0.508 e. The third-order valence-corrected chi connectivity index (χ3v) is 8.89. The van der Waals surface area contributed by atoms with Crippen LogP contribution in [0.4, 0.5) is 0 Å². The molecule has 0 radical (unpaired) electrons. The van der Waals surface area contributed by atoms with Crippen LogP contribution in [0.15, 0.2) is 83.6 Å². The van der Waals surface area contributed by atoms with Gasteiger partial charge in [0.1, 0.15) is 22.8 Å². The maximum atomic E-state index is 14.2. The molecule has 9 nitrogen and oxygen atoms in total. The van der Waals surface area contributed by atoms with Gasteiger partial charge in [-0.25, -0.2) is 0 Å². The Kier molecular flexibility index (Phi) is 6.32. The monoisotopic (exact) mass is 566 g/mol. The van der Waals surface area contributed by atoms with Gasteiger partial charge in [-0.05, 0) is 61.2 Å². The van der Waals surface area contributed by atoms with Gasteiger partial charge in [-0.2, -0.15) is 0 Å². The summed E-state index contributed by atoms with van der Waals surface area (Å²) in [6.45, 7) is 0. The van der Waals surface area contributed by atoms with Crippen LogP contribution in [-0.4, -0.2) is 68.5 Å². The molecule has 0 aromatic heterocycles. The number of benzene rings is 3. The van der Waals surface area contributed by atoms with Crippen LogP contribution in [0.3, 0.4) is 0 Å². The quantitative estimate of drug-likeness (QED) is 0.301. The number of phenolic OH excluding ortho intramolecular Hbond substituents is 1. The molecule has 3 aliphatic carbocycles. The molecule has 0 aliphatic heterocycles. The van der Waals surface area contributed by atoms with Crippen molar-refractivity contribution in [3.8, 4) is 28.0 Å². The molecule has 214 valence electrons. The first-order chi connectivity index (χ1) is 20.0. The summed E-state index contributed by atoms with van der Waals surface area (Å²) in [5.41, 5.74) is 5.11. The number of likely N-dealkylation sites (N-methyl/N-ethyl adjacent to an activating group) is 1. The zero-order valence-electron chi connectivity index (χ0n) is 23.0. The van der Waals surface area contributed by atoms with Gasteiger partial charge in [-0.3, -0.25) is 19.3 Å². The highest BCUT2D eigenvalue weighted by Gasteiger charge is 2.64. The summed E-state index contributed by atoms with van der Waals surface area (Å²) >= 11 is 0. The van der Waals surface area contributed by atoms with Crippen molar-refractivity contribution in [2.45, 2.75) is 24.5 Å². The molecule has 0 unspecified atom stereocenters. The SMILES string of the molecule is CN(C)[C@@H]1C(=O)C(C(N)=O)=C(O)[C@@]2(O)C(=O)C3=C(O)c4c(O)c(-c5ccccc5)cc(-c5ccccc5)c4C[C@H]3C[C@@H]12. The predicted octanol–water partition coefficient (Wildman–Crippen LogP) is 3.30. The molecule has 1 amide bonds. The molecule has 3 aromatic rings. The van der Waals surface area contributed by atoms with Crippen LogP contribution in [0.25, 0.3) is 28.0 Å². The summed E-state index contributed by atoms with van der Waals surface area (Å²) in [5.74, 6) is -6.72. The Morgan fingerprint density at radius 1 is 0.929 bits per heavy atom. The summed E-state index contributed by atoms with van der Waals surface area (Å²) in [7, 11) is 3.15. The van der Waals surface area contributed by atoms with Crippen molar-refractivity contribution < 1.29 is 34.8 Å². The van der Waals surface area contributed by atoms with Gasteiger partial charge in [0.25, 0.3) is 5.91 Å². The number of nitrogens with zero attached hydrogens (tertiary/aromatic N) is 1. The van der Waals surface area contributed by atoms with Gasteiger partial charge in [0, 0.05) is 17.1 Å². The van der Waals surface area contributed by atoms with Gasteiger partial charge in [-0.15, -0.1) is 0 Å². The van der Waals surface area contributed by atoms with Gasteiger partial charge in [0.05, 0.1) is 11.6 Å². The Balaban J connectivity index is 1.63. The number of aromatic hydroxyl groups is 1. The number of carbonyl (C=O) groups is 3. The average molecular weight is 567 g/mol. The number of aliphatic hydroxyl groups is 3. The van der Waals surface area contributed by atoms with Crippen LogP contribution in [0, 0.1) is 11.8 Å². The molecule has 0 heterocycles. The lowest BCUT2D eigenvalue weighted by atomic mass is 9.57. The summed E-state index contributed by atoms with van der Waals surface area (Å²) in [6, 6.07) is 19.3. The number of hydrogen-bond donors (Lipinski definition) is 5. The van der Waals surface area contributed by atoms with Crippen LogP contribution in [0.2, 0.25) is 0 Å². The summed E-state index contributed by atoms with van der Waals surface area (Å²) in [4.78, 5) is 41.2. The first-order valence-corrected chi connectivity index (χ1v) is 13.6. The van der Waals surface area contributed by atoms with Gasteiger partial charge in [0.2, 0.25) is 5.78 Å². The third-order valence-electron chi connectivity index (χ3n) is 8.89. The van der Waals surface area contributed by atoms with Crippen molar-refractivity contribution in [2.24, 2.45) is 17.6 Å². The van der Waals surface area contributed by atoms with Crippen LogP contribution in [-0.2, 0) is 20.8 Å². The second-order valence-corrected chi connectivity index (χ2v) is 11.4. The number of primary amides is 1. The number of aliphatic hydroxyl groups excluding tert-OH is 2. The first-order valence-electron chi connectivity index (χ1n) is 13.6. The van der Waals surface area contributed by atoms with Crippen LogP contribution in [0.1, 0.15) is 17.5 Å². The second kappa shape index (κ2) is 9.68. The van der Waals surface area contributed by atoms with E-state index in [0.29, 0.717) is 16.7 Å². The number of ketones is 2. The lowest BCUT2D eigenvalue weighted by molar-refractivity contribution is -0.153. The summed E-state index contributed by atoms with van der Waals surface area (Å²) in [5, 5.41) is 46.3. The number of rotatable bonds is 4. The highest BCUT2D eigenvalue weighted by atomic mass is 16.3. The maximum Gasteiger partial charge on any atom is 0.255 e. The van der Waals surface area contributed by atoms with Crippen molar-refractivity contribution in [3.63, 3.8) is 0 Å².